The van der Waals surface area contributed by atoms with Gasteiger partial charge in [-0.3, -0.25) is 9.69 Å². The number of hydrogen-bond donors (Lipinski definition) is 1. The summed E-state index contributed by atoms with van der Waals surface area (Å²) in [6.07, 6.45) is 0.301. The molecule has 7 heteroatoms. The van der Waals surface area contributed by atoms with Crippen LogP contribution in [0.5, 0.6) is 0 Å². The van der Waals surface area contributed by atoms with Gasteiger partial charge in [-0.05, 0) is 30.7 Å². The molecule has 0 aromatic carbocycles. The minimum Gasteiger partial charge on any atom is -0.402 e. The molecule has 0 radical (unpaired) electrons. The highest BCUT2D eigenvalue weighted by Crippen LogP contribution is 2.49. The van der Waals surface area contributed by atoms with Crippen LogP contribution in [0, 0.1) is 11.3 Å². The molecule has 122 valence electrons. The number of carbonyl (C=O) groups is 1. The van der Waals surface area contributed by atoms with Crippen LogP contribution in [0.4, 0.5) is 19.0 Å². The number of anilines is 1. The zero-order valence-corrected chi connectivity index (χ0v) is 12.7. The second kappa shape index (κ2) is 4.84. The summed E-state index contributed by atoms with van der Waals surface area (Å²) in [5, 5.41) is 0. The normalized spacial score (nSPS) is 23.4. The number of pyridine rings is 1. The van der Waals surface area contributed by atoms with Crippen LogP contribution in [0.25, 0.3) is 0 Å². The highest BCUT2D eigenvalue weighted by molar-refractivity contribution is 6.03. The minimum atomic E-state index is -4.45. The van der Waals surface area contributed by atoms with Gasteiger partial charge in [-0.15, -0.1) is 0 Å². The van der Waals surface area contributed by atoms with Crippen LogP contribution in [0.2, 0.25) is 0 Å². The number of alkyl halides is 3. The molecule has 1 aromatic heterocycles. The summed E-state index contributed by atoms with van der Waals surface area (Å²) in [6.45, 7) is 3.63. The third-order valence-corrected chi connectivity index (χ3v) is 4.45. The summed E-state index contributed by atoms with van der Waals surface area (Å²) in [4.78, 5) is 18.0. The van der Waals surface area contributed by atoms with E-state index in [0.717, 1.165) is 18.0 Å². The molecule has 1 fully saturated rings. The van der Waals surface area contributed by atoms with Gasteiger partial charge in [-0.25, -0.2) is 4.98 Å². The van der Waals surface area contributed by atoms with Crippen molar-refractivity contribution >= 4 is 11.7 Å². The van der Waals surface area contributed by atoms with E-state index in [-0.39, 0.29) is 17.6 Å². The average molecular weight is 323 g/mol. The van der Waals surface area contributed by atoms with E-state index >= 15 is 0 Å². The molecule has 0 saturated carbocycles. The van der Waals surface area contributed by atoms with Crippen molar-refractivity contribution < 1.29 is 18.0 Å². The molecule has 3 rings (SSSR count). The number of carbonyl (C=O) groups excluding carboxylic acids is 1. The van der Waals surface area contributed by atoms with E-state index < -0.39 is 17.2 Å². The molecule has 2 N–H and O–H groups in total. The van der Waals surface area contributed by atoms with Gasteiger partial charge in [0.1, 0.15) is 5.82 Å². The molecule has 1 aromatic rings. The van der Waals surface area contributed by atoms with Crippen LogP contribution >= 0.6 is 0 Å². The predicted octanol–water partition coefficient (Wildman–Crippen LogP) is 3.22. The zero-order chi connectivity index (χ0) is 17.0. The Hall–Kier alpha value is -2.31. The molecule has 0 bridgehead atoms. The Labute approximate surface area is 131 Å². The van der Waals surface area contributed by atoms with Crippen LogP contribution in [-0.2, 0) is 11.0 Å². The highest BCUT2D eigenvalue weighted by atomic mass is 19.4. The van der Waals surface area contributed by atoms with Gasteiger partial charge in [0.25, 0.3) is 0 Å². The summed E-state index contributed by atoms with van der Waals surface area (Å²) >= 11 is 0. The third kappa shape index (κ3) is 2.40. The maximum atomic E-state index is 12.7. The quantitative estimate of drug-likeness (QED) is 0.863. The molecular formula is C16H16F3N3O. The molecule has 1 aliphatic carbocycles. The Balaban J connectivity index is 2.03. The smallest absolute Gasteiger partial charge is 0.402 e. The molecule has 23 heavy (non-hydrogen) atoms. The monoisotopic (exact) mass is 323 g/mol. The van der Waals surface area contributed by atoms with E-state index in [1.807, 2.05) is 13.8 Å². The van der Waals surface area contributed by atoms with Gasteiger partial charge in [0, 0.05) is 23.5 Å². The van der Waals surface area contributed by atoms with Crippen molar-refractivity contribution in [1.82, 2.24) is 4.98 Å². The van der Waals surface area contributed by atoms with Crippen molar-refractivity contribution in [3.63, 3.8) is 0 Å². The van der Waals surface area contributed by atoms with Gasteiger partial charge in [-0.2, -0.15) is 13.2 Å². The first-order chi connectivity index (χ1) is 10.6. The SMILES string of the molecule is CC1(C)C(=O)N(c2ccc(C(F)(F)F)cn2)C2=CC=C(N)CC21. The van der Waals surface area contributed by atoms with E-state index in [1.54, 1.807) is 12.2 Å². The minimum absolute atomic E-state index is 0.107. The lowest BCUT2D eigenvalue weighted by molar-refractivity contribution is -0.137. The molecule has 1 atom stereocenters. The van der Waals surface area contributed by atoms with Gasteiger partial charge < -0.3 is 5.73 Å². The molecule has 0 spiro atoms. The molecule has 1 unspecified atom stereocenters. The van der Waals surface area contributed by atoms with Gasteiger partial charge in [0.05, 0.1) is 11.0 Å². The standard InChI is InChI=1S/C16H16F3N3O/c1-15(2)11-7-10(20)4-5-12(11)22(14(15)23)13-6-3-9(8-21-13)16(17,18)19/h3-6,8,11H,7,20H2,1-2H3. The number of nitrogens with two attached hydrogens (primary N) is 1. The Morgan fingerprint density at radius 2 is 2.00 bits per heavy atom. The number of rotatable bonds is 1. The van der Waals surface area contributed by atoms with Crippen molar-refractivity contribution in [3.8, 4) is 0 Å². The lowest BCUT2D eigenvalue weighted by Gasteiger charge is -2.25. The van der Waals surface area contributed by atoms with Crippen LogP contribution < -0.4 is 10.6 Å². The van der Waals surface area contributed by atoms with Gasteiger partial charge in [-0.1, -0.05) is 13.8 Å². The lowest BCUT2D eigenvalue weighted by atomic mass is 9.76. The third-order valence-electron chi connectivity index (χ3n) is 4.45. The summed E-state index contributed by atoms with van der Waals surface area (Å²) in [6, 6.07) is 2.16. The maximum Gasteiger partial charge on any atom is 0.417 e. The highest BCUT2D eigenvalue weighted by Gasteiger charge is 2.52. The summed E-state index contributed by atoms with van der Waals surface area (Å²) in [5.74, 6) is -0.105. The number of halogens is 3. The topological polar surface area (TPSA) is 59.2 Å². The van der Waals surface area contributed by atoms with Crippen molar-refractivity contribution in [3.05, 3.63) is 47.4 Å². The van der Waals surface area contributed by atoms with E-state index in [0.29, 0.717) is 12.1 Å². The Kier molecular flexibility index (Phi) is 3.28. The summed E-state index contributed by atoms with van der Waals surface area (Å²) < 4.78 is 38.0. The van der Waals surface area contributed by atoms with Crippen molar-refractivity contribution in [2.45, 2.75) is 26.4 Å². The summed E-state index contributed by atoms with van der Waals surface area (Å²) in [7, 11) is 0. The Morgan fingerprint density at radius 1 is 1.30 bits per heavy atom. The molecule has 2 heterocycles. The van der Waals surface area contributed by atoms with E-state index in [4.69, 9.17) is 5.73 Å². The van der Waals surface area contributed by atoms with E-state index in [9.17, 15) is 18.0 Å². The van der Waals surface area contributed by atoms with Gasteiger partial charge >= 0.3 is 6.18 Å². The summed E-state index contributed by atoms with van der Waals surface area (Å²) in [5.41, 5.74) is 5.73. The number of aromatic nitrogens is 1. The molecule has 1 aliphatic heterocycles. The van der Waals surface area contributed by atoms with Crippen molar-refractivity contribution in [1.29, 1.82) is 0 Å². The van der Waals surface area contributed by atoms with Gasteiger partial charge in [0.15, 0.2) is 0 Å². The van der Waals surface area contributed by atoms with Crippen LogP contribution in [-0.4, -0.2) is 10.9 Å². The van der Waals surface area contributed by atoms with Crippen LogP contribution in [0.1, 0.15) is 25.8 Å². The second-order valence-corrected chi connectivity index (χ2v) is 6.35. The number of fused-ring (bicyclic) bond motifs is 1. The number of nitrogens with zero attached hydrogens (tertiary/aromatic N) is 2. The fourth-order valence-electron chi connectivity index (χ4n) is 3.05. The largest absolute Gasteiger partial charge is 0.417 e. The maximum absolute atomic E-state index is 12.7. The first kappa shape index (κ1) is 15.6. The molecule has 1 amide bonds. The lowest BCUT2D eigenvalue weighted by Crippen LogP contribution is -2.32. The van der Waals surface area contributed by atoms with Crippen LogP contribution in [0.3, 0.4) is 0 Å². The zero-order valence-electron chi connectivity index (χ0n) is 12.7. The second-order valence-electron chi connectivity index (χ2n) is 6.35. The number of hydrogen-bond acceptors (Lipinski definition) is 3. The Bertz CT molecular complexity index is 717. The number of allylic oxidation sites excluding steroid dienone is 4. The van der Waals surface area contributed by atoms with E-state index in [1.165, 1.54) is 11.0 Å². The van der Waals surface area contributed by atoms with Crippen molar-refractivity contribution in [2.24, 2.45) is 17.1 Å². The van der Waals surface area contributed by atoms with Crippen molar-refractivity contribution in [2.75, 3.05) is 4.90 Å². The molecule has 4 nitrogen and oxygen atoms in total. The first-order valence-corrected chi connectivity index (χ1v) is 7.16. The average Bonchev–Trinajstić information content (AvgIpc) is 2.66. The molecular weight excluding hydrogens is 307 g/mol. The van der Waals surface area contributed by atoms with Crippen LogP contribution in [0.15, 0.2) is 41.9 Å². The first-order valence-electron chi connectivity index (χ1n) is 7.16. The number of amides is 1. The van der Waals surface area contributed by atoms with E-state index in [2.05, 4.69) is 4.98 Å². The fourth-order valence-corrected chi connectivity index (χ4v) is 3.05. The molecule has 1 saturated heterocycles. The Morgan fingerprint density at radius 3 is 2.57 bits per heavy atom. The molecule has 2 aliphatic rings. The fraction of sp³-hybridized carbons (Fsp3) is 0.375. The predicted molar refractivity (Wildman–Crippen MR) is 79.0 cm³/mol. The van der Waals surface area contributed by atoms with Gasteiger partial charge in [0.2, 0.25) is 5.91 Å².